The van der Waals surface area contributed by atoms with Gasteiger partial charge in [-0.1, -0.05) is 18.2 Å². The molecule has 1 atom stereocenters. The molecule has 3 aromatic rings. The van der Waals surface area contributed by atoms with Gasteiger partial charge >= 0.3 is 6.18 Å². The van der Waals surface area contributed by atoms with Gasteiger partial charge in [0, 0.05) is 11.4 Å². The lowest BCUT2D eigenvalue weighted by molar-refractivity contribution is -0.137. The summed E-state index contributed by atoms with van der Waals surface area (Å²) in [5.74, 6) is 0.292. The number of hydrogen-bond donors (Lipinski definition) is 0. The third kappa shape index (κ3) is 3.07. The van der Waals surface area contributed by atoms with Gasteiger partial charge in [-0.2, -0.15) is 33.8 Å². The van der Waals surface area contributed by atoms with E-state index in [0.29, 0.717) is 28.3 Å². The van der Waals surface area contributed by atoms with Gasteiger partial charge in [0.05, 0.1) is 28.8 Å². The molecule has 1 aromatic heterocycles. The Hall–Kier alpha value is -4.11. The molecule has 9 heteroatoms. The number of halogens is 3. The molecule has 0 radical (unpaired) electrons. The van der Waals surface area contributed by atoms with Crippen molar-refractivity contribution in [1.82, 2.24) is 14.8 Å². The quantitative estimate of drug-likeness (QED) is 0.616. The maximum absolute atomic E-state index is 13.2. The highest BCUT2D eigenvalue weighted by Gasteiger charge is 2.36. The maximum Gasteiger partial charge on any atom is 0.416 e. The lowest BCUT2D eigenvalue weighted by atomic mass is 9.95. The second-order valence-electron chi connectivity index (χ2n) is 6.64. The van der Waals surface area contributed by atoms with E-state index < -0.39 is 17.8 Å². The van der Waals surface area contributed by atoms with Crippen LogP contribution in [-0.2, 0) is 6.18 Å². The zero-order valence-corrected chi connectivity index (χ0v) is 15.6. The van der Waals surface area contributed by atoms with Crippen LogP contribution in [-0.4, -0.2) is 14.8 Å². The van der Waals surface area contributed by atoms with Crippen molar-refractivity contribution < 1.29 is 13.2 Å². The Morgan fingerprint density at radius 1 is 1.03 bits per heavy atom. The van der Waals surface area contributed by atoms with Crippen molar-refractivity contribution >= 4 is 11.6 Å². The molecule has 0 saturated heterocycles. The molecule has 2 heterocycles. The number of rotatable bonds is 2. The Labute approximate surface area is 169 Å². The number of hydrogen-bond acceptors (Lipinski definition) is 5. The highest BCUT2D eigenvalue weighted by Crippen LogP contribution is 2.42. The van der Waals surface area contributed by atoms with Crippen molar-refractivity contribution in [2.45, 2.75) is 19.1 Å². The summed E-state index contributed by atoms with van der Waals surface area (Å²) >= 11 is 0. The van der Waals surface area contributed by atoms with E-state index in [-0.39, 0.29) is 5.69 Å². The fourth-order valence-electron chi connectivity index (χ4n) is 3.50. The fraction of sp³-hybridized carbons (Fsp3) is 0.143. The molecule has 1 aliphatic rings. The minimum absolute atomic E-state index is 0.225. The molecule has 30 heavy (non-hydrogen) atoms. The molecule has 4 rings (SSSR count). The summed E-state index contributed by atoms with van der Waals surface area (Å²) in [7, 11) is 0. The molecule has 0 bridgehead atoms. The molecule has 0 saturated carbocycles. The minimum atomic E-state index is -4.50. The topological polar surface area (TPSA) is 81.5 Å². The van der Waals surface area contributed by atoms with Crippen molar-refractivity contribution in [3.63, 3.8) is 0 Å². The first-order valence-corrected chi connectivity index (χ1v) is 8.83. The van der Waals surface area contributed by atoms with Gasteiger partial charge in [0.15, 0.2) is 0 Å². The summed E-state index contributed by atoms with van der Waals surface area (Å²) in [5.41, 5.74) is 1.37. The van der Waals surface area contributed by atoms with Crippen LogP contribution in [0.3, 0.4) is 0 Å². The molecule has 1 aliphatic heterocycles. The molecule has 0 N–H and O–H groups in total. The average molecular weight is 406 g/mol. The van der Waals surface area contributed by atoms with Gasteiger partial charge in [-0.05, 0) is 42.8 Å². The van der Waals surface area contributed by atoms with E-state index in [1.807, 2.05) is 6.07 Å². The van der Waals surface area contributed by atoms with Crippen molar-refractivity contribution in [2.24, 2.45) is 0 Å². The zero-order valence-electron chi connectivity index (χ0n) is 15.6. The number of nitriles is 2. The average Bonchev–Trinajstić information content (AvgIpc) is 3.21. The second kappa shape index (κ2) is 7.05. The minimum Gasteiger partial charge on any atom is -0.282 e. The summed E-state index contributed by atoms with van der Waals surface area (Å²) in [6.45, 7) is 1.66. The lowest BCUT2D eigenvalue weighted by Gasteiger charge is -2.34. The Balaban J connectivity index is 1.89. The fourth-order valence-corrected chi connectivity index (χ4v) is 3.50. The van der Waals surface area contributed by atoms with Gasteiger partial charge in [-0.25, -0.2) is 4.68 Å². The third-order valence-corrected chi connectivity index (χ3v) is 4.91. The molecule has 0 unspecified atom stereocenters. The van der Waals surface area contributed by atoms with Gasteiger partial charge in [-0.3, -0.25) is 4.90 Å². The molecular weight excluding hydrogens is 393 g/mol. The van der Waals surface area contributed by atoms with E-state index in [1.165, 1.54) is 28.0 Å². The summed E-state index contributed by atoms with van der Waals surface area (Å²) in [6, 6.07) is 15.1. The first-order valence-electron chi connectivity index (χ1n) is 8.83. The summed E-state index contributed by atoms with van der Waals surface area (Å²) in [5, 5.41) is 23.1. The van der Waals surface area contributed by atoms with E-state index in [0.717, 1.165) is 12.1 Å². The monoisotopic (exact) mass is 406 g/mol. The van der Waals surface area contributed by atoms with E-state index in [1.54, 1.807) is 31.2 Å². The third-order valence-electron chi connectivity index (χ3n) is 4.91. The number of aromatic nitrogens is 3. The smallest absolute Gasteiger partial charge is 0.282 e. The standard InChI is InChI=1S/C21H13F3N6/c1-13-18(11-26)19(15-7-5-14(10-25)6-8-15)30-20(27-12-28-30)29(13)17-4-2-3-16(9-17)21(22,23)24/h2-9,12,19H,1H3/t19-/m1/s1. The molecule has 0 spiro atoms. The van der Waals surface area contributed by atoms with Gasteiger partial charge in [0.2, 0.25) is 5.95 Å². The molecule has 0 amide bonds. The van der Waals surface area contributed by atoms with Crippen LogP contribution in [0.1, 0.15) is 29.7 Å². The van der Waals surface area contributed by atoms with E-state index in [2.05, 4.69) is 16.2 Å². The van der Waals surface area contributed by atoms with Crippen molar-refractivity contribution in [3.05, 3.63) is 82.8 Å². The number of anilines is 2. The van der Waals surface area contributed by atoms with E-state index in [4.69, 9.17) is 5.26 Å². The predicted molar refractivity (Wildman–Crippen MR) is 101 cm³/mol. The maximum atomic E-state index is 13.2. The van der Waals surface area contributed by atoms with Crippen molar-refractivity contribution in [3.8, 4) is 12.1 Å². The van der Waals surface area contributed by atoms with Gasteiger partial charge < -0.3 is 0 Å². The van der Waals surface area contributed by atoms with Crippen LogP contribution in [0, 0.1) is 22.7 Å². The Morgan fingerprint density at radius 3 is 2.40 bits per heavy atom. The summed E-state index contributed by atoms with van der Waals surface area (Å²) < 4.78 is 41.1. The van der Waals surface area contributed by atoms with Crippen LogP contribution in [0.5, 0.6) is 0 Å². The van der Waals surface area contributed by atoms with E-state index >= 15 is 0 Å². The second-order valence-corrected chi connectivity index (χ2v) is 6.64. The van der Waals surface area contributed by atoms with Gasteiger partial charge in [0.25, 0.3) is 0 Å². The van der Waals surface area contributed by atoms with Crippen LogP contribution < -0.4 is 4.90 Å². The molecule has 2 aromatic carbocycles. The van der Waals surface area contributed by atoms with Gasteiger partial charge in [0.1, 0.15) is 12.4 Å². The normalized spacial score (nSPS) is 16.1. The van der Waals surface area contributed by atoms with Crippen LogP contribution >= 0.6 is 0 Å². The molecule has 148 valence electrons. The number of allylic oxidation sites excluding steroid dienone is 2. The van der Waals surface area contributed by atoms with Crippen LogP contribution in [0.2, 0.25) is 0 Å². The number of nitrogens with zero attached hydrogens (tertiary/aromatic N) is 6. The first kappa shape index (κ1) is 19.2. The highest BCUT2D eigenvalue weighted by atomic mass is 19.4. The van der Waals surface area contributed by atoms with E-state index in [9.17, 15) is 18.4 Å². The SMILES string of the molecule is CC1=C(C#N)[C@@H](c2ccc(C#N)cc2)n2ncnc2N1c1cccc(C(F)(F)F)c1. The predicted octanol–water partition coefficient (Wildman–Crippen LogP) is 4.71. The Kier molecular flexibility index (Phi) is 4.52. The molecule has 0 fully saturated rings. The highest BCUT2D eigenvalue weighted by molar-refractivity contribution is 5.68. The molecule has 6 nitrogen and oxygen atoms in total. The molecular formula is C21H13F3N6. The Bertz CT molecular complexity index is 1230. The lowest BCUT2D eigenvalue weighted by Crippen LogP contribution is -2.31. The first-order chi connectivity index (χ1) is 14.3. The molecule has 0 aliphatic carbocycles. The number of benzene rings is 2. The van der Waals surface area contributed by atoms with Crippen molar-refractivity contribution in [1.29, 1.82) is 10.5 Å². The van der Waals surface area contributed by atoms with Crippen LogP contribution in [0.4, 0.5) is 24.8 Å². The Morgan fingerprint density at radius 2 is 1.77 bits per heavy atom. The summed E-state index contributed by atoms with van der Waals surface area (Å²) in [4.78, 5) is 5.72. The van der Waals surface area contributed by atoms with Gasteiger partial charge in [-0.15, -0.1) is 0 Å². The zero-order chi connectivity index (χ0) is 21.5. The number of alkyl halides is 3. The van der Waals surface area contributed by atoms with Crippen molar-refractivity contribution in [2.75, 3.05) is 4.90 Å². The van der Waals surface area contributed by atoms with Crippen LogP contribution in [0.15, 0.2) is 66.1 Å². The number of fused-ring (bicyclic) bond motifs is 1. The summed E-state index contributed by atoms with van der Waals surface area (Å²) in [6.07, 6.45) is -3.21. The van der Waals surface area contributed by atoms with Crippen LogP contribution in [0.25, 0.3) is 0 Å². The largest absolute Gasteiger partial charge is 0.416 e.